The van der Waals surface area contributed by atoms with Gasteiger partial charge in [0.1, 0.15) is 5.82 Å². The fraction of sp³-hybridized carbons (Fsp3) is 0.647. The van der Waals surface area contributed by atoms with Crippen LogP contribution < -0.4 is 5.73 Å². The maximum Gasteiger partial charge on any atom is 0.123 e. The Bertz CT molecular complexity index is 471. The average molecular weight is 291 g/mol. The molecule has 1 aromatic rings. The molecule has 0 amide bonds. The summed E-state index contributed by atoms with van der Waals surface area (Å²) in [6, 6.07) is 5.33. The predicted molar refractivity (Wildman–Crippen MR) is 83.5 cm³/mol. The van der Waals surface area contributed by atoms with Crippen molar-refractivity contribution in [2.24, 2.45) is 5.73 Å². The standard InChI is InChI=1S/C17H26FN3/c18-15-6-5-14-13-21(17(12-19)16(14)11-15)10-4-3-9-20-7-1-2-8-20/h5-6,11,17H,1-4,7-10,12-13,19H2. The van der Waals surface area contributed by atoms with Gasteiger partial charge in [-0.15, -0.1) is 0 Å². The van der Waals surface area contributed by atoms with Gasteiger partial charge in [0.15, 0.2) is 0 Å². The van der Waals surface area contributed by atoms with Gasteiger partial charge in [0.25, 0.3) is 0 Å². The van der Waals surface area contributed by atoms with Gasteiger partial charge in [0, 0.05) is 19.1 Å². The summed E-state index contributed by atoms with van der Waals surface area (Å²) in [7, 11) is 0. The van der Waals surface area contributed by atoms with Crippen LogP contribution in [0.15, 0.2) is 18.2 Å². The topological polar surface area (TPSA) is 32.5 Å². The van der Waals surface area contributed by atoms with Crippen molar-refractivity contribution in [3.8, 4) is 0 Å². The van der Waals surface area contributed by atoms with Crippen molar-refractivity contribution in [2.75, 3.05) is 32.7 Å². The lowest BCUT2D eigenvalue weighted by atomic mass is 10.0. The van der Waals surface area contributed by atoms with Crippen molar-refractivity contribution in [2.45, 2.75) is 38.3 Å². The quantitative estimate of drug-likeness (QED) is 0.818. The van der Waals surface area contributed by atoms with Gasteiger partial charge in [-0.2, -0.15) is 0 Å². The van der Waals surface area contributed by atoms with Gasteiger partial charge in [-0.25, -0.2) is 4.39 Å². The minimum absolute atomic E-state index is 0.150. The van der Waals surface area contributed by atoms with Crippen LogP contribution in [0, 0.1) is 5.82 Å². The molecule has 2 heterocycles. The van der Waals surface area contributed by atoms with Crippen LogP contribution in [0.2, 0.25) is 0 Å². The van der Waals surface area contributed by atoms with E-state index in [-0.39, 0.29) is 11.9 Å². The lowest BCUT2D eigenvalue weighted by molar-refractivity contribution is 0.210. The zero-order valence-electron chi connectivity index (χ0n) is 12.7. The molecule has 116 valence electrons. The van der Waals surface area contributed by atoms with Gasteiger partial charge in [0.2, 0.25) is 0 Å². The van der Waals surface area contributed by atoms with E-state index in [1.165, 1.54) is 50.9 Å². The summed E-state index contributed by atoms with van der Waals surface area (Å²) < 4.78 is 13.4. The van der Waals surface area contributed by atoms with Crippen LogP contribution in [-0.4, -0.2) is 42.5 Å². The Hall–Kier alpha value is -0.970. The largest absolute Gasteiger partial charge is 0.329 e. The van der Waals surface area contributed by atoms with E-state index in [0.717, 1.165) is 18.7 Å². The molecule has 1 unspecified atom stereocenters. The Kier molecular flexibility index (Phi) is 4.88. The Balaban J connectivity index is 1.49. The molecule has 3 rings (SSSR count). The molecule has 0 spiro atoms. The summed E-state index contributed by atoms with van der Waals surface area (Å²) in [5.74, 6) is -0.150. The molecular weight excluding hydrogens is 265 g/mol. The minimum Gasteiger partial charge on any atom is -0.329 e. The monoisotopic (exact) mass is 291 g/mol. The van der Waals surface area contributed by atoms with Crippen LogP contribution in [0.25, 0.3) is 0 Å². The molecule has 0 aromatic heterocycles. The first-order valence-corrected chi connectivity index (χ1v) is 8.23. The summed E-state index contributed by atoms with van der Waals surface area (Å²) >= 11 is 0. The molecule has 3 nitrogen and oxygen atoms in total. The second kappa shape index (κ2) is 6.86. The number of hydrogen-bond donors (Lipinski definition) is 1. The van der Waals surface area contributed by atoms with E-state index in [1.54, 1.807) is 12.1 Å². The summed E-state index contributed by atoms with van der Waals surface area (Å²) in [4.78, 5) is 4.97. The van der Waals surface area contributed by atoms with Crippen molar-refractivity contribution in [1.29, 1.82) is 0 Å². The highest BCUT2D eigenvalue weighted by molar-refractivity contribution is 5.34. The number of hydrogen-bond acceptors (Lipinski definition) is 3. The molecule has 1 aromatic carbocycles. The molecule has 0 aliphatic carbocycles. The molecule has 1 saturated heterocycles. The highest BCUT2D eigenvalue weighted by Gasteiger charge is 2.28. The maximum atomic E-state index is 13.4. The molecule has 1 atom stereocenters. The summed E-state index contributed by atoms with van der Waals surface area (Å²) in [5, 5.41) is 0. The molecule has 2 aliphatic heterocycles. The van der Waals surface area contributed by atoms with Gasteiger partial charge in [-0.3, -0.25) is 4.90 Å². The number of benzene rings is 1. The highest BCUT2D eigenvalue weighted by atomic mass is 19.1. The lowest BCUT2D eigenvalue weighted by Gasteiger charge is -2.24. The van der Waals surface area contributed by atoms with E-state index in [9.17, 15) is 4.39 Å². The molecule has 0 radical (unpaired) electrons. The smallest absolute Gasteiger partial charge is 0.123 e. The zero-order valence-corrected chi connectivity index (χ0v) is 12.7. The Morgan fingerprint density at radius 1 is 1.14 bits per heavy atom. The normalized spacial score (nSPS) is 22.9. The Labute approximate surface area is 126 Å². The van der Waals surface area contributed by atoms with Gasteiger partial charge in [-0.05, 0) is 75.1 Å². The van der Waals surface area contributed by atoms with Crippen LogP contribution in [0.5, 0.6) is 0 Å². The van der Waals surface area contributed by atoms with Crippen LogP contribution in [-0.2, 0) is 6.54 Å². The molecule has 21 heavy (non-hydrogen) atoms. The minimum atomic E-state index is -0.150. The van der Waals surface area contributed by atoms with Crippen molar-refractivity contribution >= 4 is 0 Å². The molecular formula is C17H26FN3. The lowest BCUT2D eigenvalue weighted by Crippen LogP contribution is -2.29. The third-order valence-electron chi connectivity index (χ3n) is 4.87. The van der Waals surface area contributed by atoms with Gasteiger partial charge in [-0.1, -0.05) is 6.07 Å². The fourth-order valence-corrected chi connectivity index (χ4v) is 3.71. The maximum absolute atomic E-state index is 13.4. The predicted octanol–water partition coefficient (Wildman–Crippen LogP) is 2.52. The SMILES string of the molecule is NCC1c2cc(F)ccc2CN1CCCCN1CCCC1. The van der Waals surface area contributed by atoms with E-state index < -0.39 is 0 Å². The van der Waals surface area contributed by atoms with Crippen molar-refractivity contribution < 1.29 is 4.39 Å². The third-order valence-corrected chi connectivity index (χ3v) is 4.87. The van der Waals surface area contributed by atoms with Crippen LogP contribution in [0.1, 0.15) is 42.9 Å². The number of nitrogens with zero attached hydrogens (tertiary/aromatic N) is 2. The summed E-state index contributed by atoms with van der Waals surface area (Å²) in [6.07, 6.45) is 5.17. The average Bonchev–Trinajstić information content (AvgIpc) is 3.10. The summed E-state index contributed by atoms with van der Waals surface area (Å²) in [6.45, 7) is 6.33. The van der Waals surface area contributed by atoms with Gasteiger partial charge < -0.3 is 10.6 Å². The van der Waals surface area contributed by atoms with Crippen LogP contribution in [0.4, 0.5) is 4.39 Å². The molecule has 0 saturated carbocycles. The first-order valence-electron chi connectivity index (χ1n) is 8.23. The number of unbranched alkanes of at least 4 members (excludes halogenated alkanes) is 1. The van der Waals surface area contributed by atoms with Crippen molar-refractivity contribution in [3.63, 3.8) is 0 Å². The Morgan fingerprint density at radius 2 is 1.90 bits per heavy atom. The molecule has 2 aliphatic rings. The second-order valence-electron chi connectivity index (χ2n) is 6.32. The third kappa shape index (κ3) is 3.44. The van der Waals surface area contributed by atoms with Crippen LogP contribution >= 0.6 is 0 Å². The van der Waals surface area contributed by atoms with E-state index >= 15 is 0 Å². The first kappa shape index (κ1) is 14.9. The summed E-state index contributed by atoms with van der Waals surface area (Å²) in [5.41, 5.74) is 8.26. The van der Waals surface area contributed by atoms with E-state index in [4.69, 9.17) is 5.73 Å². The van der Waals surface area contributed by atoms with Crippen molar-refractivity contribution in [3.05, 3.63) is 35.1 Å². The van der Waals surface area contributed by atoms with Gasteiger partial charge >= 0.3 is 0 Å². The van der Waals surface area contributed by atoms with Crippen molar-refractivity contribution in [1.82, 2.24) is 9.80 Å². The number of nitrogens with two attached hydrogens (primary N) is 1. The molecule has 0 bridgehead atoms. The number of rotatable bonds is 6. The number of halogens is 1. The molecule has 4 heteroatoms. The second-order valence-corrected chi connectivity index (χ2v) is 6.32. The molecule has 2 N–H and O–H groups in total. The first-order chi connectivity index (χ1) is 10.3. The van der Waals surface area contributed by atoms with E-state index in [0.29, 0.717) is 6.54 Å². The highest BCUT2D eigenvalue weighted by Crippen LogP contribution is 2.33. The van der Waals surface area contributed by atoms with Gasteiger partial charge in [0.05, 0.1) is 0 Å². The molecule has 1 fully saturated rings. The van der Waals surface area contributed by atoms with Crippen LogP contribution in [0.3, 0.4) is 0 Å². The van der Waals surface area contributed by atoms with E-state index in [2.05, 4.69) is 9.80 Å². The number of likely N-dealkylation sites (tertiary alicyclic amines) is 1. The number of fused-ring (bicyclic) bond motifs is 1. The zero-order chi connectivity index (χ0) is 14.7. The van der Waals surface area contributed by atoms with E-state index in [1.807, 2.05) is 6.07 Å². The fourth-order valence-electron chi connectivity index (χ4n) is 3.71. The Morgan fingerprint density at radius 3 is 2.67 bits per heavy atom.